The maximum atomic E-state index is 11.3. The first kappa shape index (κ1) is 12.9. The van der Waals surface area contributed by atoms with Crippen molar-refractivity contribution in [2.75, 3.05) is 6.54 Å². The van der Waals surface area contributed by atoms with Crippen LogP contribution in [0.2, 0.25) is 0 Å². The third kappa shape index (κ3) is 2.68. The number of rotatable bonds is 4. The van der Waals surface area contributed by atoms with Crippen molar-refractivity contribution in [3.8, 4) is 23.8 Å². The molecule has 1 aromatic rings. The number of aromatic hydroxyl groups is 2. The first-order valence-corrected chi connectivity index (χ1v) is 4.85. The van der Waals surface area contributed by atoms with Crippen LogP contribution in [0.15, 0.2) is 18.2 Å². The Morgan fingerprint density at radius 2 is 1.94 bits per heavy atom. The Labute approximate surface area is 98.7 Å². The Balaban J connectivity index is 3.22. The van der Waals surface area contributed by atoms with Crippen molar-refractivity contribution in [1.29, 1.82) is 0 Å². The quantitative estimate of drug-likeness (QED) is 0.574. The van der Waals surface area contributed by atoms with Gasteiger partial charge in [-0.25, -0.2) is 4.79 Å². The van der Waals surface area contributed by atoms with E-state index in [2.05, 4.69) is 11.2 Å². The van der Waals surface area contributed by atoms with Crippen LogP contribution in [0.25, 0.3) is 0 Å². The number of hydrogen-bond donors (Lipinski definition) is 4. The summed E-state index contributed by atoms with van der Waals surface area (Å²) in [6.07, 6.45) is 5.07. The van der Waals surface area contributed by atoms with Crippen molar-refractivity contribution < 1.29 is 20.1 Å². The van der Waals surface area contributed by atoms with Crippen LogP contribution >= 0.6 is 0 Å². The monoisotopic (exact) mass is 235 g/mol. The summed E-state index contributed by atoms with van der Waals surface area (Å²) >= 11 is 0. The molecule has 0 radical (unpaired) electrons. The first-order chi connectivity index (χ1) is 7.90. The molecule has 90 valence electrons. The van der Waals surface area contributed by atoms with E-state index in [9.17, 15) is 20.1 Å². The Kier molecular flexibility index (Phi) is 3.61. The molecule has 1 aromatic carbocycles. The van der Waals surface area contributed by atoms with Crippen molar-refractivity contribution >= 4 is 5.97 Å². The molecular formula is C12H13NO4. The number of phenolic OH excluding ortho intramolecular Hbond substituents is 2. The van der Waals surface area contributed by atoms with Crippen molar-refractivity contribution in [2.24, 2.45) is 0 Å². The Morgan fingerprint density at radius 3 is 2.35 bits per heavy atom. The van der Waals surface area contributed by atoms with Crippen LogP contribution in [-0.2, 0) is 10.3 Å². The summed E-state index contributed by atoms with van der Waals surface area (Å²) in [5, 5.41) is 30.5. The SMILES string of the molecule is C#CCNC(C)(C(=O)O)c1cc(O)cc(O)c1. The first-order valence-electron chi connectivity index (χ1n) is 4.85. The normalized spacial score (nSPS) is 13.6. The van der Waals surface area contributed by atoms with Gasteiger partial charge in [-0.1, -0.05) is 5.92 Å². The zero-order chi connectivity index (χ0) is 13.1. The molecule has 0 fully saturated rings. The van der Waals surface area contributed by atoms with Gasteiger partial charge in [0.2, 0.25) is 0 Å². The molecule has 0 heterocycles. The highest BCUT2D eigenvalue weighted by molar-refractivity contribution is 5.80. The summed E-state index contributed by atoms with van der Waals surface area (Å²) in [7, 11) is 0. The molecular weight excluding hydrogens is 222 g/mol. The van der Waals surface area contributed by atoms with Gasteiger partial charge < -0.3 is 15.3 Å². The molecule has 0 saturated heterocycles. The molecule has 1 unspecified atom stereocenters. The van der Waals surface area contributed by atoms with E-state index in [-0.39, 0.29) is 23.6 Å². The summed E-state index contributed by atoms with van der Waals surface area (Å²) in [4.78, 5) is 11.3. The number of carboxylic acids is 1. The topological polar surface area (TPSA) is 89.8 Å². The van der Waals surface area contributed by atoms with Gasteiger partial charge in [0.25, 0.3) is 0 Å². The maximum Gasteiger partial charge on any atom is 0.328 e. The van der Waals surface area contributed by atoms with Gasteiger partial charge in [0.1, 0.15) is 17.0 Å². The lowest BCUT2D eigenvalue weighted by Gasteiger charge is -2.26. The molecule has 0 aromatic heterocycles. The Bertz CT molecular complexity index is 458. The molecule has 0 aliphatic rings. The zero-order valence-electron chi connectivity index (χ0n) is 9.27. The molecule has 0 saturated carbocycles. The highest BCUT2D eigenvalue weighted by Crippen LogP contribution is 2.28. The largest absolute Gasteiger partial charge is 0.508 e. The lowest BCUT2D eigenvalue weighted by molar-refractivity contribution is -0.144. The van der Waals surface area contributed by atoms with Crippen LogP contribution in [0.4, 0.5) is 0 Å². The summed E-state index contributed by atoms with van der Waals surface area (Å²) in [5.74, 6) is 0.697. The maximum absolute atomic E-state index is 11.3. The highest BCUT2D eigenvalue weighted by atomic mass is 16.4. The molecule has 0 bridgehead atoms. The minimum absolute atomic E-state index is 0.0548. The lowest BCUT2D eigenvalue weighted by Crippen LogP contribution is -2.46. The molecule has 1 atom stereocenters. The van der Waals surface area contributed by atoms with E-state index in [1.54, 1.807) is 0 Å². The van der Waals surface area contributed by atoms with E-state index >= 15 is 0 Å². The van der Waals surface area contributed by atoms with Crippen LogP contribution in [0.1, 0.15) is 12.5 Å². The van der Waals surface area contributed by atoms with Gasteiger partial charge in [0.05, 0.1) is 6.54 Å². The number of phenols is 2. The summed E-state index contributed by atoms with van der Waals surface area (Å²) in [6.45, 7) is 1.46. The number of aliphatic carboxylic acids is 1. The second-order valence-corrected chi connectivity index (χ2v) is 3.73. The van der Waals surface area contributed by atoms with Gasteiger partial charge in [0, 0.05) is 6.07 Å². The van der Waals surface area contributed by atoms with E-state index in [1.165, 1.54) is 19.1 Å². The fourth-order valence-electron chi connectivity index (χ4n) is 1.41. The fourth-order valence-corrected chi connectivity index (χ4v) is 1.41. The van der Waals surface area contributed by atoms with E-state index in [0.29, 0.717) is 0 Å². The number of carboxylic acid groups (broad SMARTS) is 1. The van der Waals surface area contributed by atoms with Crippen LogP contribution in [0.3, 0.4) is 0 Å². The molecule has 5 nitrogen and oxygen atoms in total. The lowest BCUT2D eigenvalue weighted by atomic mass is 9.91. The second kappa shape index (κ2) is 4.76. The Hall–Kier alpha value is -2.19. The van der Waals surface area contributed by atoms with Crippen molar-refractivity contribution in [1.82, 2.24) is 5.32 Å². The number of benzene rings is 1. The number of carbonyl (C=O) groups is 1. The van der Waals surface area contributed by atoms with Crippen LogP contribution in [0.5, 0.6) is 11.5 Å². The summed E-state index contributed by atoms with van der Waals surface area (Å²) < 4.78 is 0. The molecule has 1 rings (SSSR count). The minimum Gasteiger partial charge on any atom is -0.508 e. The smallest absolute Gasteiger partial charge is 0.328 e. The molecule has 0 spiro atoms. The number of hydrogen-bond acceptors (Lipinski definition) is 4. The highest BCUT2D eigenvalue weighted by Gasteiger charge is 2.35. The fraction of sp³-hybridized carbons (Fsp3) is 0.250. The predicted molar refractivity (Wildman–Crippen MR) is 61.6 cm³/mol. The molecule has 0 aliphatic carbocycles. The third-order valence-electron chi connectivity index (χ3n) is 2.45. The van der Waals surface area contributed by atoms with E-state index in [0.717, 1.165) is 6.07 Å². The van der Waals surface area contributed by atoms with Gasteiger partial charge in [-0.05, 0) is 24.6 Å². The van der Waals surface area contributed by atoms with Crippen LogP contribution in [0, 0.1) is 12.3 Å². The van der Waals surface area contributed by atoms with Crippen LogP contribution in [-0.4, -0.2) is 27.8 Å². The number of nitrogens with one attached hydrogen (secondary N) is 1. The summed E-state index contributed by atoms with van der Waals surface area (Å²) in [5.41, 5.74) is -1.25. The van der Waals surface area contributed by atoms with E-state index in [1.807, 2.05) is 0 Å². The van der Waals surface area contributed by atoms with E-state index < -0.39 is 11.5 Å². The van der Waals surface area contributed by atoms with Gasteiger partial charge in [-0.2, -0.15) is 0 Å². The summed E-state index contributed by atoms with van der Waals surface area (Å²) in [6, 6.07) is 3.64. The van der Waals surface area contributed by atoms with Gasteiger partial charge >= 0.3 is 5.97 Å². The van der Waals surface area contributed by atoms with E-state index in [4.69, 9.17) is 6.42 Å². The molecule has 17 heavy (non-hydrogen) atoms. The third-order valence-corrected chi connectivity index (χ3v) is 2.45. The zero-order valence-corrected chi connectivity index (χ0v) is 9.27. The molecule has 0 aliphatic heterocycles. The average molecular weight is 235 g/mol. The standard InChI is InChI=1S/C12H13NO4/c1-3-4-13-12(2,11(16)17)8-5-9(14)7-10(15)6-8/h1,5-7,13-15H,4H2,2H3,(H,16,17). The predicted octanol–water partition coefficient (Wildman–Crippen LogP) is 0.620. The van der Waals surface area contributed by atoms with Crippen molar-refractivity contribution in [3.63, 3.8) is 0 Å². The van der Waals surface area contributed by atoms with Crippen molar-refractivity contribution in [2.45, 2.75) is 12.5 Å². The van der Waals surface area contributed by atoms with Crippen molar-refractivity contribution in [3.05, 3.63) is 23.8 Å². The van der Waals surface area contributed by atoms with Gasteiger partial charge in [0.15, 0.2) is 0 Å². The molecule has 0 amide bonds. The average Bonchev–Trinajstić information content (AvgIpc) is 2.24. The second-order valence-electron chi connectivity index (χ2n) is 3.73. The van der Waals surface area contributed by atoms with Gasteiger partial charge in [-0.3, -0.25) is 5.32 Å². The number of terminal acetylenes is 1. The minimum atomic E-state index is -1.47. The van der Waals surface area contributed by atoms with Crippen LogP contribution < -0.4 is 5.32 Å². The molecule has 4 N–H and O–H groups in total. The Morgan fingerprint density at radius 1 is 1.41 bits per heavy atom. The molecule has 5 heteroatoms. The van der Waals surface area contributed by atoms with Gasteiger partial charge in [-0.15, -0.1) is 6.42 Å².